The summed E-state index contributed by atoms with van der Waals surface area (Å²) in [6.07, 6.45) is 0. The van der Waals surface area contributed by atoms with Crippen LogP contribution >= 0.6 is 11.3 Å². The summed E-state index contributed by atoms with van der Waals surface area (Å²) in [6.45, 7) is 2.80. The first kappa shape index (κ1) is 8.16. The van der Waals surface area contributed by atoms with Crippen LogP contribution in [-0.4, -0.2) is 25.2 Å². The minimum absolute atomic E-state index is 0.644. The van der Waals surface area contributed by atoms with Crippen LogP contribution < -0.4 is 5.32 Å². The van der Waals surface area contributed by atoms with E-state index in [1.807, 2.05) is 0 Å². The van der Waals surface area contributed by atoms with Gasteiger partial charge in [0.2, 0.25) is 0 Å². The molecule has 3 nitrogen and oxygen atoms in total. The standard InChI is InChI=1S/C8H12N2OS/c1-11-4-8-10-7(5-12-8)6-2-9-3-6/h5-6,9H,2-4H2,1H3. The molecule has 0 aromatic carbocycles. The molecule has 4 heteroatoms. The summed E-state index contributed by atoms with van der Waals surface area (Å²) in [5.74, 6) is 0.645. The zero-order valence-electron chi connectivity index (χ0n) is 7.04. The third-order valence-corrected chi connectivity index (χ3v) is 2.88. The molecule has 12 heavy (non-hydrogen) atoms. The average Bonchev–Trinajstić information content (AvgIpc) is 2.34. The van der Waals surface area contributed by atoms with Crippen LogP contribution in [0.2, 0.25) is 0 Å². The minimum atomic E-state index is 0.644. The Hall–Kier alpha value is -0.450. The van der Waals surface area contributed by atoms with Gasteiger partial charge in [0.05, 0.1) is 12.3 Å². The fourth-order valence-corrected chi connectivity index (χ4v) is 2.05. The molecular formula is C8H12N2OS. The maximum absolute atomic E-state index is 5.00. The van der Waals surface area contributed by atoms with Gasteiger partial charge in [-0.15, -0.1) is 11.3 Å². The van der Waals surface area contributed by atoms with Gasteiger partial charge in [-0.05, 0) is 0 Å². The Kier molecular flexibility index (Phi) is 2.39. The SMILES string of the molecule is COCc1nc(C2CNC2)cs1. The van der Waals surface area contributed by atoms with Crippen molar-refractivity contribution in [3.05, 3.63) is 16.1 Å². The van der Waals surface area contributed by atoms with Crippen molar-refractivity contribution in [2.45, 2.75) is 12.5 Å². The summed E-state index contributed by atoms with van der Waals surface area (Å²) >= 11 is 1.69. The van der Waals surface area contributed by atoms with E-state index in [1.54, 1.807) is 18.4 Å². The lowest BCUT2D eigenvalue weighted by atomic mass is 10.0. The van der Waals surface area contributed by atoms with E-state index in [0.29, 0.717) is 12.5 Å². The number of aromatic nitrogens is 1. The smallest absolute Gasteiger partial charge is 0.119 e. The van der Waals surface area contributed by atoms with Gasteiger partial charge < -0.3 is 10.1 Å². The van der Waals surface area contributed by atoms with Crippen LogP contribution in [0.5, 0.6) is 0 Å². The number of thiazole rings is 1. The van der Waals surface area contributed by atoms with E-state index in [9.17, 15) is 0 Å². The van der Waals surface area contributed by atoms with E-state index >= 15 is 0 Å². The largest absolute Gasteiger partial charge is 0.378 e. The molecule has 66 valence electrons. The molecule has 0 atom stereocenters. The maximum Gasteiger partial charge on any atom is 0.119 e. The molecule has 1 aliphatic rings. The number of ether oxygens (including phenoxy) is 1. The lowest BCUT2D eigenvalue weighted by molar-refractivity contribution is 0.184. The number of hydrogen-bond acceptors (Lipinski definition) is 4. The fraction of sp³-hybridized carbons (Fsp3) is 0.625. The molecule has 1 N–H and O–H groups in total. The highest BCUT2D eigenvalue weighted by Crippen LogP contribution is 2.21. The van der Waals surface area contributed by atoms with Gasteiger partial charge >= 0.3 is 0 Å². The van der Waals surface area contributed by atoms with Gasteiger partial charge in [-0.3, -0.25) is 0 Å². The zero-order valence-corrected chi connectivity index (χ0v) is 7.86. The van der Waals surface area contributed by atoms with E-state index in [2.05, 4.69) is 15.7 Å². The van der Waals surface area contributed by atoms with Crippen molar-refractivity contribution in [1.82, 2.24) is 10.3 Å². The van der Waals surface area contributed by atoms with Gasteiger partial charge in [0.15, 0.2) is 0 Å². The maximum atomic E-state index is 5.00. The molecular weight excluding hydrogens is 172 g/mol. The highest BCUT2D eigenvalue weighted by Gasteiger charge is 2.21. The second kappa shape index (κ2) is 3.51. The highest BCUT2D eigenvalue weighted by molar-refractivity contribution is 7.09. The van der Waals surface area contributed by atoms with Crippen LogP contribution in [0.25, 0.3) is 0 Å². The van der Waals surface area contributed by atoms with Crippen LogP contribution in [0.4, 0.5) is 0 Å². The second-order valence-corrected chi connectivity index (χ2v) is 3.90. The molecule has 0 radical (unpaired) electrons. The molecule has 0 bridgehead atoms. The van der Waals surface area contributed by atoms with E-state index in [1.165, 1.54) is 5.69 Å². The molecule has 0 saturated carbocycles. The number of methoxy groups -OCH3 is 1. The Morgan fingerprint density at radius 3 is 3.17 bits per heavy atom. The van der Waals surface area contributed by atoms with Gasteiger partial charge in [-0.1, -0.05) is 0 Å². The molecule has 1 fully saturated rings. The lowest BCUT2D eigenvalue weighted by Crippen LogP contribution is -2.40. The summed E-state index contributed by atoms with van der Waals surface area (Å²) < 4.78 is 5.00. The molecule has 0 aliphatic carbocycles. The summed E-state index contributed by atoms with van der Waals surface area (Å²) in [5, 5.41) is 6.46. The third-order valence-electron chi connectivity index (χ3n) is 2.04. The molecule has 2 heterocycles. The minimum Gasteiger partial charge on any atom is -0.378 e. The highest BCUT2D eigenvalue weighted by atomic mass is 32.1. The van der Waals surface area contributed by atoms with Crippen LogP contribution in [0.1, 0.15) is 16.6 Å². The summed E-state index contributed by atoms with van der Waals surface area (Å²) in [4.78, 5) is 4.48. The van der Waals surface area contributed by atoms with E-state index in [4.69, 9.17) is 4.74 Å². The summed E-state index contributed by atoms with van der Waals surface area (Å²) in [5.41, 5.74) is 1.23. The lowest BCUT2D eigenvalue weighted by Gasteiger charge is -2.25. The monoisotopic (exact) mass is 184 g/mol. The normalized spacial score (nSPS) is 17.8. The Bertz CT molecular complexity index is 257. The Morgan fingerprint density at radius 2 is 2.58 bits per heavy atom. The number of hydrogen-bond donors (Lipinski definition) is 1. The quantitative estimate of drug-likeness (QED) is 0.760. The predicted octanol–water partition coefficient (Wildman–Crippen LogP) is 0.976. The van der Waals surface area contributed by atoms with Gasteiger partial charge in [0, 0.05) is 31.5 Å². The van der Waals surface area contributed by atoms with Crippen molar-refractivity contribution in [2.75, 3.05) is 20.2 Å². The predicted molar refractivity (Wildman–Crippen MR) is 48.4 cm³/mol. The Morgan fingerprint density at radius 1 is 1.75 bits per heavy atom. The first-order chi connectivity index (χ1) is 5.90. The molecule has 1 aromatic rings. The number of nitrogens with zero attached hydrogens (tertiary/aromatic N) is 1. The van der Waals surface area contributed by atoms with Crippen molar-refractivity contribution in [1.29, 1.82) is 0 Å². The van der Waals surface area contributed by atoms with E-state index in [0.717, 1.165) is 18.1 Å². The van der Waals surface area contributed by atoms with E-state index in [-0.39, 0.29) is 0 Å². The first-order valence-corrected chi connectivity index (χ1v) is 4.92. The van der Waals surface area contributed by atoms with Crippen molar-refractivity contribution >= 4 is 11.3 Å². The zero-order chi connectivity index (χ0) is 8.39. The van der Waals surface area contributed by atoms with Crippen molar-refractivity contribution in [3.63, 3.8) is 0 Å². The number of rotatable bonds is 3. The molecule has 0 unspecified atom stereocenters. The molecule has 1 aliphatic heterocycles. The van der Waals surface area contributed by atoms with Crippen LogP contribution in [0.15, 0.2) is 5.38 Å². The molecule has 0 amide bonds. The van der Waals surface area contributed by atoms with Crippen molar-refractivity contribution < 1.29 is 4.74 Å². The van der Waals surface area contributed by atoms with Gasteiger partial charge in [-0.25, -0.2) is 4.98 Å². The summed E-state index contributed by atoms with van der Waals surface area (Å²) in [6, 6.07) is 0. The van der Waals surface area contributed by atoms with Gasteiger partial charge in [0.25, 0.3) is 0 Å². The first-order valence-electron chi connectivity index (χ1n) is 4.04. The fourth-order valence-electron chi connectivity index (χ4n) is 1.20. The Balaban J connectivity index is 2.02. The molecule has 0 spiro atoms. The molecule has 1 aromatic heterocycles. The van der Waals surface area contributed by atoms with Gasteiger partial charge in [0.1, 0.15) is 5.01 Å². The average molecular weight is 184 g/mol. The van der Waals surface area contributed by atoms with Crippen LogP contribution in [0.3, 0.4) is 0 Å². The van der Waals surface area contributed by atoms with Crippen LogP contribution in [0, 0.1) is 0 Å². The third kappa shape index (κ3) is 1.50. The second-order valence-electron chi connectivity index (χ2n) is 2.95. The Labute approximate surface area is 75.8 Å². The van der Waals surface area contributed by atoms with Crippen molar-refractivity contribution in [2.24, 2.45) is 0 Å². The van der Waals surface area contributed by atoms with Crippen LogP contribution in [-0.2, 0) is 11.3 Å². The topological polar surface area (TPSA) is 34.1 Å². The van der Waals surface area contributed by atoms with Crippen molar-refractivity contribution in [3.8, 4) is 0 Å². The molecule has 1 saturated heterocycles. The van der Waals surface area contributed by atoms with E-state index < -0.39 is 0 Å². The molecule has 2 rings (SSSR count). The van der Waals surface area contributed by atoms with Gasteiger partial charge in [-0.2, -0.15) is 0 Å². The number of nitrogens with one attached hydrogen (secondary N) is 1. The summed E-state index contributed by atoms with van der Waals surface area (Å²) in [7, 11) is 1.70.